The number of carbonyl (C=O) groups is 2. The first-order valence-electron chi connectivity index (χ1n) is 8.51. The molecule has 27 heavy (non-hydrogen) atoms. The summed E-state index contributed by atoms with van der Waals surface area (Å²) >= 11 is 0. The number of carbonyl (C=O) groups excluding carboxylic acids is 2. The summed E-state index contributed by atoms with van der Waals surface area (Å²) in [6, 6.07) is 7.31. The van der Waals surface area contributed by atoms with Crippen molar-refractivity contribution in [3.63, 3.8) is 0 Å². The quantitative estimate of drug-likeness (QED) is 0.676. The second kappa shape index (κ2) is 9.38. The third-order valence-corrected chi connectivity index (χ3v) is 4.23. The van der Waals surface area contributed by atoms with Gasteiger partial charge < -0.3 is 20.3 Å². The van der Waals surface area contributed by atoms with Crippen LogP contribution in [0.2, 0.25) is 0 Å². The normalized spacial score (nSPS) is 12.5. The van der Waals surface area contributed by atoms with Crippen LogP contribution >= 0.6 is 12.4 Å². The molecule has 0 spiro atoms. The van der Waals surface area contributed by atoms with Gasteiger partial charge in [-0.1, -0.05) is 12.1 Å². The summed E-state index contributed by atoms with van der Waals surface area (Å²) in [5, 5.41) is 13.2. The monoisotopic (exact) mass is 393 g/mol. The largest absolute Gasteiger partial charge is 0.484 e. The van der Waals surface area contributed by atoms with E-state index in [4.69, 9.17) is 4.74 Å². The Morgan fingerprint density at radius 1 is 1.33 bits per heavy atom. The van der Waals surface area contributed by atoms with E-state index in [1.165, 1.54) is 4.90 Å². The van der Waals surface area contributed by atoms with Gasteiger partial charge in [0.25, 0.3) is 11.8 Å². The van der Waals surface area contributed by atoms with Gasteiger partial charge in [0.05, 0.1) is 0 Å². The number of hydrogen-bond donors (Lipinski definition) is 3. The Morgan fingerprint density at radius 2 is 2.15 bits per heavy atom. The van der Waals surface area contributed by atoms with E-state index in [1.807, 2.05) is 18.2 Å². The predicted octanol–water partition coefficient (Wildman–Crippen LogP) is 0.874. The Morgan fingerprint density at radius 3 is 2.93 bits per heavy atom. The zero-order valence-electron chi connectivity index (χ0n) is 15.4. The van der Waals surface area contributed by atoms with Crippen LogP contribution in [0.1, 0.15) is 27.3 Å². The van der Waals surface area contributed by atoms with E-state index in [0.717, 1.165) is 29.8 Å². The minimum Gasteiger partial charge on any atom is -0.484 e. The maximum absolute atomic E-state index is 12.4. The lowest BCUT2D eigenvalue weighted by Gasteiger charge is -2.13. The molecule has 146 valence electrons. The lowest BCUT2D eigenvalue weighted by molar-refractivity contribution is -0.130. The Bertz CT molecular complexity index is 806. The van der Waals surface area contributed by atoms with Crippen molar-refractivity contribution >= 4 is 24.2 Å². The van der Waals surface area contributed by atoms with Crippen molar-refractivity contribution in [2.24, 2.45) is 0 Å². The maximum atomic E-state index is 12.4. The molecule has 8 nitrogen and oxygen atoms in total. The van der Waals surface area contributed by atoms with Crippen LogP contribution in [-0.2, 0) is 24.3 Å². The van der Waals surface area contributed by atoms with E-state index in [9.17, 15) is 9.59 Å². The SMILES string of the molecule is CN(C)C(=O)COc1cccc(CNC(=O)c2n[nH]c3c2CNCC3)c1.Cl. The zero-order valence-corrected chi connectivity index (χ0v) is 16.2. The Balaban J connectivity index is 0.00000261. The first kappa shape index (κ1) is 20.7. The van der Waals surface area contributed by atoms with Gasteiger partial charge >= 0.3 is 0 Å². The number of nitrogens with one attached hydrogen (secondary N) is 3. The van der Waals surface area contributed by atoms with Crippen LogP contribution in [0.5, 0.6) is 5.75 Å². The van der Waals surface area contributed by atoms with Crippen LogP contribution in [0.15, 0.2) is 24.3 Å². The molecule has 0 bridgehead atoms. The zero-order chi connectivity index (χ0) is 18.5. The van der Waals surface area contributed by atoms with Crippen LogP contribution in [-0.4, -0.2) is 54.2 Å². The van der Waals surface area contributed by atoms with E-state index in [-0.39, 0.29) is 30.8 Å². The number of aromatic nitrogens is 2. The van der Waals surface area contributed by atoms with Gasteiger partial charge in [-0.2, -0.15) is 5.10 Å². The number of ether oxygens (including phenoxy) is 1. The number of halogens is 1. The number of rotatable bonds is 6. The van der Waals surface area contributed by atoms with E-state index in [1.54, 1.807) is 20.2 Å². The lowest BCUT2D eigenvalue weighted by Crippen LogP contribution is -2.28. The minimum absolute atomic E-state index is 0. The van der Waals surface area contributed by atoms with Crippen LogP contribution in [0.25, 0.3) is 0 Å². The highest BCUT2D eigenvalue weighted by molar-refractivity contribution is 5.94. The number of benzene rings is 1. The average Bonchev–Trinajstić information content (AvgIpc) is 3.08. The number of amides is 2. The second-order valence-corrected chi connectivity index (χ2v) is 6.36. The third kappa shape index (κ3) is 5.21. The molecule has 0 fully saturated rings. The summed E-state index contributed by atoms with van der Waals surface area (Å²) in [5.74, 6) is 0.272. The Labute approximate surface area is 164 Å². The first-order chi connectivity index (χ1) is 12.5. The standard InChI is InChI=1S/C18H23N5O3.ClH/c1-23(2)16(24)11-26-13-5-3-4-12(8-13)9-20-18(25)17-14-10-19-7-6-15(14)21-22-17;/h3-5,8,19H,6-7,9-11H2,1-2H3,(H,20,25)(H,21,22);1H. The summed E-state index contributed by atoms with van der Waals surface area (Å²) in [7, 11) is 3.36. The molecule has 3 rings (SSSR count). The Hall–Kier alpha value is -2.58. The molecule has 9 heteroatoms. The van der Waals surface area contributed by atoms with Crippen molar-refractivity contribution in [1.29, 1.82) is 0 Å². The molecular formula is C18H24ClN5O3. The van der Waals surface area contributed by atoms with Crippen LogP contribution in [0.3, 0.4) is 0 Å². The first-order valence-corrected chi connectivity index (χ1v) is 8.51. The average molecular weight is 394 g/mol. The summed E-state index contributed by atoms with van der Waals surface area (Å²) in [5.41, 5.74) is 3.29. The number of H-pyrrole nitrogens is 1. The maximum Gasteiger partial charge on any atom is 0.272 e. The van der Waals surface area contributed by atoms with E-state index in [0.29, 0.717) is 24.5 Å². The summed E-state index contributed by atoms with van der Waals surface area (Å²) < 4.78 is 5.49. The smallest absolute Gasteiger partial charge is 0.272 e. The Kier molecular flexibility index (Phi) is 7.20. The number of aromatic amines is 1. The highest BCUT2D eigenvalue weighted by atomic mass is 35.5. The molecule has 0 radical (unpaired) electrons. The van der Waals surface area contributed by atoms with Gasteiger partial charge in [0.1, 0.15) is 5.75 Å². The fourth-order valence-corrected chi connectivity index (χ4v) is 2.70. The van der Waals surface area contributed by atoms with E-state index >= 15 is 0 Å². The van der Waals surface area contributed by atoms with Gasteiger partial charge in [0.15, 0.2) is 12.3 Å². The molecular weight excluding hydrogens is 370 g/mol. The summed E-state index contributed by atoms with van der Waals surface area (Å²) in [6.07, 6.45) is 0.848. The van der Waals surface area contributed by atoms with Crippen molar-refractivity contribution in [3.05, 3.63) is 46.8 Å². The second-order valence-electron chi connectivity index (χ2n) is 6.36. The van der Waals surface area contributed by atoms with Crippen molar-refractivity contribution in [3.8, 4) is 5.75 Å². The number of likely N-dealkylation sites (N-methyl/N-ethyl adjacent to an activating group) is 1. The van der Waals surface area contributed by atoms with Crippen molar-refractivity contribution < 1.29 is 14.3 Å². The van der Waals surface area contributed by atoms with Gasteiger partial charge in [-0.05, 0) is 17.7 Å². The molecule has 1 aromatic heterocycles. The van der Waals surface area contributed by atoms with Crippen LogP contribution < -0.4 is 15.4 Å². The number of nitrogens with zero attached hydrogens (tertiary/aromatic N) is 2. The fourth-order valence-electron chi connectivity index (χ4n) is 2.70. The molecule has 2 amide bonds. The molecule has 0 atom stereocenters. The fraction of sp³-hybridized carbons (Fsp3) is 0.389. The van der Waals surface area contributed by atoms with Crippen LogP contribution in [0.4, 0.5) is 0 Å². The molecule has 0 saturated carbocycles. The van der Waals surface area contributed by atoms with Crippen molar-refractivity contribution in [2.75, 3.05) is 27.2 Å². The molecule has 0 saturated heterocycles. The number of hydrogen-bond acceptors (Lipinski definition) is 5. The molecule has 1 aliphatic heterocycles. The lowest BCUT2D eigenvalue weighted by atomic mass is 10.1. The molecule has 1 aliphatic rings. The topological polar surface area (TPSA) is 99.3 Å². The molecule has 0 unspecified atom stereocenters. The van der Waals surface area contributed by atoms with E-state index < -0.39 is 0 Å². The molecule has 2 heterocycles. The van der Waals surface area contributed by atoms with Gasteiger partial charge in [0.2, 0.25) is 0 Å². The van der Waals surface area contributed by atoms with Gasteiger partial charge in [-0.25, -0.2) is 0 Å². The van der Waals surface area contributed by atoms with Crippen molar-refractivity contribution in [2.45, 2.75) is 19.5 Å². The molecule has 1 aromatic carbocycles. The van der Waals surface area contributed by atoms with Gasteiger partial charge in [-0.15, -0.1) is 12.4 Å². The third-order valence-electron chi connectivity index (χ3n) is 4.23. The molecule has 0 aliphatic carbocycles. The highest BCUT2D eigenvalue weighted by Crippen LogP contribution is 2.16. The minimum atomic E-state index is -0.208. The predicted molar refractivity (Wildman–Crippen MR) is 103 cm³/mol. The van der Waals surface area contributed by atoms with Crippen molar-refractivity contribution in [1.82, 2.24) is 25.7 Å². The molecule has 3 N–H and O–H groups in total. The van der Waals surface area contributed by atoms with Gasteiger partial charge in [-0.3, -0.25) is 14.7 Å². The number of fused-ring (bicyclic) bond motifs is 1. The summed E-state index contributed by atoms with van der Waals surface area (Å²) in [6.45, 7) is 1.87. The van der Waals surface area contributed by atoms with E-state index in [2.05, 4.69) is 20.8 Å². The van der Waals surface area contributed by atoms with Gasteiger partial charge in [0, 0.05) is 51.4 Å². The highest BCUT2D eigenvalue weighted by Gasteiger charge is 2.21. The summed E-state index contributed by atoms with van der Waals surface area (Å²) in [4.78, 5) is 25.5. The van der Waals surface area contributed by atoms with Crippen LogP contribution in [0, 0.1) is 0 Å². The molecule has 2 aromatic rings.